The van der Waals surface area contributed by atoms with Crippen LogP contribution in [0.2, 0.25) is 0 Å². The van der Waals surface area contributed by atoms with Gasteiger partial charge in [-0.05, 0) is 62.7 Å². The molecular weight excluding hydrogens is 426 g/mol. The van der Waals surface area contributed by atoms with Gasteiger partial charge in [-0.25, -0.2) is 0 Å². The van der Waals surface area contributed by atoms with Gasteiger partial charge in [-0.15, -0.1) is 18.5 Å². The second-order valence-corrected chi connectivity index (χ2v) is 10.4. The van der Waals surface area contributed by atoms with E-state index in [2.05, 4.69) is 104 Å². The Morgan fingerprint density at radius 2 is 1.31 bits per heavy atom. The average molecular weight is 457 g/mol. The van der Waals surface area contributed by atoms with Gasteiger partial charge in [0, 0.05) is 24.8 Å². The SMILES string of the molecule is CC(C)(C)c1c(-c2ccccc2)ccc(CP)c1C(P)(c1cccnc1)c1cccnc1. The lowest BCUT2D eigenvalue weighted by molar-refractivity contribution is 0.578. The van der Waals surface area contributed by atoms with E-state index in [0.717, 1.165) is 17.3 Å². The quantitative estimate of drug-likeness (QED) is 0.303. The largest absolute Gasteiger partial charge is 0.264 e. The Kier molecular flexibility index (Phi) is 6.57. The first-order chi connectivity index (χ1) is 15.4. The summed E-state index contributed by atoms with van der Waals surface area (Å²) < 4.78 is 0. The number of hydrogen-bond acceptors (Lipinski definition) is 2. The first-order valence-electron chi connectivity index (χ1n) is 10.9. The van der Waals surface area contributed by atoms with Crippen LogP contribution < -0.4 is 0 Å². The zero-order valence-electron chi connectivity index (χ0n) is 18.9. The molecule has 0 radical (unpaired) electrons. The van der Waals surface area contributed by atoms with Crippen LogP contribution in [0.25, 0.3) is 11.1 Å². The summed E-state index contributed by atoms with van der Waals surface area (Å²) in [5.74, 6) is 0. The maximum Gasteiger partial charge on any atom is 0.0627 e. The maximum absolute atomic E-state index is 4.49. The molecule has 0 amide bonds. The highest BCUT2D eigenvalue weighted by atomic mass is 31.0. The normalized spacial score (nSPS) is 12.0. The molecule has 2 aromatic heterocycles. The van der Waals surface area contributed by atoms with E-state index in [1.165, 1.54) is 27.8 Å². The summed E-state index contributed by atoms with van der Waals surface area (Å²) in [6.07, 6.45) is 8.49. The van der Waals surface area contributed by atoms with Gasteiger partial charge in [-0.3, -0.25) is 9.97 Å². The van der Waals surface area contributed by atoms with Crippen LogP contribution in [0, 0.1) is 0 Å². The Hall–Kier alpha value is -2.40. The van der Waals surface area contributed by atoms with Gasteiger partial charge in [-0.2, -0.15) is 0 Å². The molecule has 0 aliphatic carbocycles. The van der Waals surface area contributed by atoms with E-state index in [1.54, 1.807) is 0 Å². The lowest BCUT2D eigenvalue weighted by Crippen LogP contribution is -2.29. The van der Waals surface area contributed by atoms with Gasteiger partial charge in [0.2, 0.25) is 0 Å². The molecule has 32 heavy (non-hydrogen) atoms. The molecule has 0 spiro atoms. The summed E-state index contributed by atoms with van der Waals surface area (Å²) in [5.41, 5.74) is 8.67. The Bertz CT molecular complexity index is 1150. The Balaban J connectivity index is 2.17. The summed E-state index contributed by atoms with van der Waals surface area (Å²) in [6, 6.07) is 23.6. The monoisotopic (exact) mass is 456 g/mol. The summed E-state index contributed by atoms with van der Waals surface area (Å²) >= 11 is 0. The molecular formula is C28H30N2P2. The van der Waals surface area contributed by atoms with Crippen LogP contribution in [0.3, 0.4) is 0 Å². The molecule has 2 aromatic carbocycles. The standard InChI is InChI=1S/C28H30N2P2/c1-27(2,3)26-24(20-9-5-4-6-10-20)14-13-21(19-31)25(26)28(32,22-11-7-15-29-17-22)23-12-8-16-30-18-23/h4-18H,19,31-32H2,1-3H3. The smallest absolute Gasteiger partial charge is 0.0627 e. The fraction of sp³-hybridized carbons (Fsp3) is 0.214. The first kappa shape index (κ1) is 22.8. The van der Waals surface area contributed by atoms with Gasteiger partial charge in [-0.1, -0.05) is 75.4 Å². The number of nitrogens with zero attached hydrogens (tertiary/aromatic N) is 2. The Labute approximate surface area is 196 Å². The molecule has 0 bridgehead atoms. The van der Waals surface area contributed by atoms with Crippen molar-refractivity contribution in [3.8, 4) is 11.1 Å². The molecule has 0 N–H and O–H groups in total. The second-order valence-electron chi connectivity index (χ2n) is 9.13. The maximum atomic E-state index is 4.49. The third-order valence-electron chi connectivity index (χ3n) is 5.97. The molecule has 162 valence electrons. The molecule has 2 heterocycles. The minimum absolute atomic E-state index is 0.0808. The van der Waals surface area contributed by atoms with Crippen LogP contribution in [0.4, 0.5) is 0 Å². The minimum Gasteiger partial charge on any atom is -0.264 e. The molecule has 4 heteroatoms. The summed E-state index contributed by atoms with van der Waals surface area (Å²) in [5, 5.41) is -0.484. The lowest BCUT2D eigenvalue weighted by atomic mass is 9.71. The Morgan fingerprint density at radius 3 is 1.78 bits per heavy atom. The predicted molar refractivity (Wildman–Crippen MR) is 142 cm³/mol. The number of hydrogen-bond donors (Lipinski definition) is 0. The van der Waals surface area contributed by atoms with Crippen LogP contribution in [-0.4, -0.2) is 9.97 Å². The summed E-state index contributed by atoms with van der Waals surface area (Å²) in [6.45, 7) is 6.92. The van der Waals surface area contributed by atoms with Gasteiger partial charge in [0.25, 0.3) is 0 Å². The highest BCUT2D eigenvalue weighted by Crippen LogP contribution is 2.51. The minimum atomic E-state index is -0.484. The zero-order chi connectivity index (χ0) is 22.8. The number of benzene rings is 2. The van der Waals surface area contributed by atoms with Crippen LogP contribution in [-0.2, 0) is 16.7 Å². The van der Waals surface area contributed by atoms with E-state index < -0.39 is 5.16 Å². The van der Waals surface area contributed by atoms with Crippen molar-refractivity contribution in [1.82, 2.24) is 9.97 Å². The third-order valence-corrected chi connectivity index (χ3v) is 7.37. The molecule has 2 unspecified atom stereocenters. The fourth-order valence-corrected chi connectivity index (χ4v) is 5.56. The summed E-state index contributed by atoms with van der Waals surface area (Å²) in [7, 11) is 6.11. The molecule has 0 saturated carbocycles. The van der Waals surface area contributed by atoms with E-state index >= 15 is 0 Å². The van der Waals surface area contributed by atoms with Crippen molar-refractivity contribution in [2.75, 3.05) is 0 Å². The topological polar surface area (TPSA) is 25.8 Å². The van der Waals surface area contributed by atoms with Crippen molar-refractivity contribution in [3.05, 3.63) is 119 Å². The molecule has 0 fully saturated rings. The van der Waals surface area contributed by atoms with Crippen molar-refractivity contribution in [2.45, 2.75) is 37.5 Å². The highest BCUT2D eigenvalue weighted by molar-refractivity contribution is 7.19. The third kappa shape index (κ3) is 4.15. The molecule has 0 aliphatic rings. The molecule has 2 atom stereocenters. The Morgan fingerprint density at radius 1 is 0.719 bits per heavy atom. The fourth-order valence-electron chi connectivity index (χ4n) is 4.55. The number of aromatic nitrogens is 2. The molecule has 2 nitrogen and oxygen atoms in total. The van der Waals surface area contributed by atoms with E-state index in [1.807, 2.05) is 36.9 Å². The van der Waals surface area contributed by atoms with Gasteiger partial charge < -0.3 is 0 Å². The van der Waals surface area contributed by atoms with E-state index in [9.17, 15) is 0 Å². The van der Waals surface area contributed by atoms with Crippen LogP contribution in [0.5, 0.6) is 0 Å². The molecule has 4 rings (SSSR count). The summed E-state index contributed by atoms with van der Waals surface area (Å²) in [4.78, 5) is 8.98. The number of rotatable bonds is 5. The van der Waals surface area contributed by atoms with E-state index in [0.29, 0.717) is 0 Å². The van der Waals surface area contributed by atoms with E-state index in [-0.39, 0.29) is 5.41 Å². The second kappa shape index (κ2) is 9.22. The number of pyridine rings is 2. The van der Waals surface area contributed by atoms with Gasteiger partial charge in [0.1, 0.15) is 0 Å². The molecule has 4 aromatic rings. The van der Waals surface area contributed by atoms with Crippen molar-refractivity contribution < 1.29 is 0 Å². The predicted octanol–water partition coefficient (Wildman–Crippen LogP) is 6.98. The van der Waals surface area contributed by atoms with Crippen LogP contribution in [0.1, 0.15) is 48.6 Å². The highest BCUT2D eigenvalue weighted by Gasteiger charge is 2.39. The van der Waals surface area contributed by atoms with Crippen molar-refractivity contribution >= 4 is 18.5 Å². The lowest BCUT2D eigenvalue weighted by Gasteiger charge is -2.39. The van der Waals surface area contributed by atoms with Crippen molar-refractivity contribution in [2.24, 2.45) is 0 Å². The first-order valence-corrected chi connectivity index (χ1v) is 12.3. The van der Waals surface area contributed by atoms with Crippen LogP contribution in [0.15, 0.2) is 91.5 Å². The van der Waals surface area contributed by atoms with Gasteiger partial charge in [0.05, 0.1) is 5.16 Å². The molecule has 0 aliphatic heterocycles. The van der Waals surface area contributed by atoms with E-state index in [4.69, 9.17) is 0 Å². The van der Waals surface area contributed by atoms with Gasteiger partial charge >= 0.3 is 0 Å². The zero-order valence-corrected chi connectivity index (χ0v) is 21.2. The van der Waals surface area contributed by atoms with Crippen LogP contribution >= 0.6 is 18.5 Å². The van der Waals surface area contributed by atoms with Gasteiger partial charge in [0.15, 0.2) is 0 Å². The van der Waals surface area contributed by atoms with Crippen molar-refractivity contribution in [3.63, 3.8) is 0 Å². The molecule has 0 saturated heterocycles. The average Bonchev–Trinajstić information content (AvgIpc) is 2.83. The van der Waals surface area contributed by atoms with Crippen molar-refractivity contribution in [1.29, 1.82) is 0 Å².